The smallest absolute Gasteiger partial charge is 0.0431 e. The van der Waals surface area contributed by atoms with Gasteiger partial charge >= 0.3 is 0 Å². The molecule has 23 heavy (non-hydrogen) atoms. The van der Waals surface area contributed by atoms with Crippen LogP contribution in [0, 0.1) is 0 Å². The van der Waals surface area contributed by atoms with E-state index in [0.29, 0.717) is 6.61 Å². The van der Waals surface area contributed by atoms with Gasteiger partial charge in [-0.15, -0.1) is 0 Å². The summed E-state index contributed by atoms with van der Waals surface area (Å²) in [5.74, 6) is 0. The fraction of sp³-hybridized carbons (Fsp3) is 0.909. The van der Waals surface area contributed by atoms with Crippen molar-refractivity contribution in [2.24, 2.45) is 0 Å². The molecule has 0 aliphatic rings. The van der Waals surface area contributed by atoms with Gasteiger partial charge in [-0.05, 0) is 32.1 Å². The summed E-state index contributed by atoms with van der Waals surface area (Å²) in [6.07, 6.45) is 29.1. The van der Waals surface area contributed by atoms with Gasteiger partial charge in [0, 0.05) is 6.61 Å². The van der Waals surface area contributed by atoms with Crippen LogP contribution in [0.2, 0.25) is 0 Å². The summed E-state index contributed by atoms with van der Waals surface area (Å²) >= 11 is 0. The van der Waals surface area contributed by atoms with Crippen molar-refractivity contribution in [2.75, 3.05) is 6.61 Å². The molecule has 138 valence electrons. The predicted octanol–water partition coefficient (Wildman–Crippen LogP) is 7.58. The van der Waals surface area contributed by atoms with E-state index in [0.717, 1.165) is 6.42 Å². The highest BCUT2D eigenvalue weighted by Crippen LogP contribution is 2.11. The van der Waals surface area contributed by atoms with Crippen LogP contribution in [0.15, 0.2) is 12.2 Å². The Morgan fingerprint density at radius 2 is 0.826 bits per heavy atom. The lowest BCUT2D eigenvalue weighted by Gasteiger charge is -2.01. The van der Waals surface area contributed by atoms with E-state index in [1.807, 2.05) is 0 Å². The Hall–Kier alpha value is -0.300. The lowest BCUT2D eigenvalue weighted by atomic mass is 10.1. The van der Waals surface area contributed by atoms with Crippen LogP contribution in [-0.2, 0) is 0 Å². The van der Waals surface area contributed by atoms with Gasteiger partial charge in [0.2, 0.25) is 0 Å². The SMILES string of the molecule is CCCCCCCCCCC=CCCCCCCCCCCO. The summed E-state index contributed by atoms with van der Waals surface area (Å²) in [5.41, 5.74) is 0. The third kappa shape index (κ3) is 21.7. The molecular formula is C22H44O. The van der Waals surface area contributed by atoms with Crippen molar-refractivity contribution >= 4 is 0 Å². The van der Waals surface area contributed by atoms with E-state index in [2.05, 4.69) is 19.1 Å². The average Bonchev–Trinajstić information content (AvgIpc) is 2.57. The van der Waals surface area contributed by atoms with Gasteiger partial charge in [-0.2, -0.15) is 0 Å². The minimum absolute atomic E-state index is 0.366. The number of hydrogen-bond acceptors (Lipinski definition) is 1. The predicted molar refractivity (Wildman–Crippen MR) is 105 cm³/mol. The summed E-state index contributed by atoms with van der Waals surface area (Å²) in [5, 5.41) is 8.70. The van der Waals surface area contributed by atoms with Crippen LogP contribution in [0.3, 0.4) is 0 Å². The van der Waals surface area contributed by atoms with E-state index in [9.17, 15) is 0 Å². The maximum atomic E-state index is 8.70. The number of aliphatic hydroxyl groups is 1. The molecule has 0 bridgehead atoms. The van der Waals surface area contributed by atoms with Crippen LogP contribution >= 0.6 is 0 Å². The Morgan fingerprint density at radius 3 is 1.22 bits per heavy atom. The average molecular weight is 325 g/mol. The zero-order chi connectivity index (χ0) is 16.8. The molecular weight excluding hydrogens is 280 g/mol. The molecule has 1 nitrogen and oxygen atoms in total. The van der Waals surface area contributed by atoms with Crippen LogP contribution in [0.1, 0.15) is 122 Å². The first-order chi connectivity index (χ1) is 11.4. The fourth-order valence-electron chi connectivity index (χ4n) is 3.07. The Bertz CT molecular complexity index is 222. The second-order valence-corrected chi connectivity index (χ2v) is 7.08. The van der Waals surface area contributed by atoms with E-state index in [1.165, 1.54) is 109 Å². The summed E-state index contributed by atoms with van der Waals surface area (Å²) in [6, 6.07) is 0. The lowest BCUT2D eigenvalue weighted by molar-refractivity contribution is 0.282. The first-order valence-electron chi connectivity index (χ1n) is 10.7. The molecule has 0 radical (unpaired) electrons. The van der Waals surface area contributed by atoms with Crippen molar-refractivity contribution < 1.29 is 5.11 Å². The van der Waals surface area contributed by atoms with Gasteiger partial charge in [0.25, 0.3) is 0 Å². The Labute approximate surface area is 147 Å². The van der Waals surface area contributed by atoms with Crippen molar-refractivity contribution in [3.63, 3.8) is 0 Å². The van der Waals surface area contributed by atoms with Gasteiger partial charge in [0.1, 0.15) is 0 Å². The monoisotopic (exact) mass is 324 g/mol. The van der Waals surface area contributed by atoms with E-state index in [1.54, 1.807) is 0 Å². The number of rotatable bonds is 19. The molecule has 0 rings (SSSR count). The molecule has 0 unspecified atom stereocenters. The molecule has 0 heterocycles. The topological polar surface area (TPSA) is 20.2 Å². The van der Waals surface area contributed by atoms with E-state index in [4.69, 9.17) is 5.11 Å². The van der Waals surface area contributed by atoms with Gasteiger partial charge in [0.05, 0.1) is 0 Å². The quantitative estimate of drug-likeness (QED) is 0.192. The molecule has 1 heteroatoms. The highest BCUT2D eigenvalue weighted by molar-refractivity contribution is 4.81. The first-order valence-corrected chi connectivity index (χ1v) is 10.7. The van der Waals surface area contributed by atoms with Crippen molar-refractivity contribution in [3.8, 4) is 0 Å². The van der Waals surface area contributed by atoms with Crippen molar-refractivity contribution in [1.29, 1.82) is 0 Å². The molecule has 0 spiro atoms. The second-order valence-electron chi connectivity index (χ2n) is 7.08. The molecule has 0 saturated heterocycles. The van der Waals surface area contributed by atoms with E-state index < -0.39 is 0 Å². The fourth-order valence-corrected chi connectivity index (χ4v) is 3.07. The maximum absolute atomic E-state index is 8.70. The Kier molecular flexibility index (Phi) is 21.4. The van der Waals surface area contributed by atoms with Gasteiger partial charge in [-0.25, -0.2) is 0 Å². The molecule has 0 aliphatic heterocycles. The third-order valence-electron chi connectivity index (χ3n) is 4.67. The zero-order valence-electron chi connectivity index (χ0n) is 16.0. The van der Waals surface area contributed by atoms with E-state index >= 15 is 0 Å². The highest BCUT2D eigenvalue weighted by Gasteiger charge is 1.92. The molecule has 0 atom stereocenters. The number of unbranched alkanes of at least 4 members (excludes halogenated alkanes) is 16. The standard InChI is InChI=1S/C22H44O/c1-2-3-4-5-6-7-8-9-10-11-12-13-14-15-16-17-18-19-20-21-22-23/h11-12,23H,2-10,13-22H2,1H3. The minimum Gasteiger partial charge on any atom is -0.396 e. The zero-order valence-corrected chi connectivity index (χ0v) is 16.0. The Morgan fingerprint density at radius 1 is 0.478 bits per heavy atom. The van der Waals surface area contributed by atoms with E-state index in [-0.39, 0.29) is 0 Å². The first kappa shape index (κ1) is 22.7. The molecule has 0 aromatic heterocycles. The van der Waals surface area contributed by atoms with Crippen molar-refractivity contribution in [3.05, 3.63) is 12.2 Å². The number of allylic oxidation sites excluding steroid dienone is 2. The van der Waals surface area contributed by atoms with Crippen molar-refractivity contribution in [1.82, 2.24) is 0 Å². The normalized spacial score (nSPS) is 11.6. The van der Waals surface area contributed by atoms with Crippen molar-refractivity contribution in [2.45, 2.75) is 122 Å². The van der Waals surface area contributed by atoms with Crippen LogP contribution in [0.4, 0.5) is 0 Å². The summed E-state index contributed by atoms with van der Waals surface area (Å²) in [7, 11) is 0. The van der Waals surface area contributed by atoms with Gasteiger partial charge in [-0.1, -0.05) is 103 Å². The van der Waals surface area contributed by atoms with Crippen LogP contribution in [0.25, 0.3) is 0 Å². The summed E-state index contributed by atoms with van der Waals surface area (Å²) in [6.45, 7) is 2.65. The van der Waals surface area contributed by atoms with Crippen LogP contribution in [0.5, 0.6) is 0 Å². The van der Waals surface area contributed by atoms with Crippen LogP contribution in [-0.4, -0.2) is 11.7 Å². The van der Waals surface area contributed by atoms with Gasteiger partial charge in [0.15, 0.2) is 0 Å². The maximum Gasteiger partial charge on any atom is 0.0431 e. The van der Waals surface area contributed by atoms with Crippen LogP contribution < -0.4 is 0 Å². The minimum atomic E-state index is 0.366. The largest absolute Gasteiger partial charge is 0.396 e. The Balaban J connectivity index is 3.03. The summed E-state index contributed by atoms with van der Waals surface area (Å²) < 4.78 is 0. The third-order valence-corrected chi connectivity index (χ3v) is 4.67. The summed E-state index contributed by atoms with van der Waals surface area (Å²) in [4.78, 5) is 0. The van der Waals surface area contributed by atoms with Gasteiger partial charge < -0.3 is 5.11 Å². The molecule has 0 aromatic carbocycles. The number of aliphatic hydroxyl groups excluding tert-OH is 1. The second kappa shape index (κ2) is 21.7. The molecule has 0 fully saturated rings. The molecule has 0 aromatic rings. The molecule has 1 N–H and O–H groups in total. The van der Waals surface area contributed by atoms with Gasteiger partial charge in [-0.3, -0.25) is 0 Å². The highest BCUT2D eigenvalue weighted by atomic mass is 16.2. The molecule has 0 aliphatic carbocycles. The molecule has 0 saturated carbocycles. The number of hydrogen-bond donors (Lipinski definition) is 1. The lowest BCUT2D eigenvalue weighted by Crippen LogP contribution is -1.84. The molecule has 0 amide bonds.